The van der Waals surface area contributed by atoms with Gasteiger partial charge < -0.3 is 19.9 Å². The van der Waals surface area contributed by atoms with Crippen LogP contribution in [-0.4, -0.2) is 57.1 Å². The molecule has 2 aliphatic heterocycles. The smallest absolute Gasteiger partial charge is 0.410 e. The van der Waals surface area contributed by atoms with Crippen LogP contribution in [0, 0.1) is 5.82 Å². The van der Waals surface area contributed by atoms with Gasteiger partial charge in [-0.3, -0.25) is 4.79 Å². The Balaban J connectivity index is 1.38. The van der Waals surface area contributed by atoms with Crippen molar-refractivity contribution in [3.05, 3.63) is 58.7 Å². The lowest BCUT2D eigenvalue weighted by atomic mass is 9.72. The van der Waals surface area contributed by atoms with Crippen molar-refractivity contribution in [2.75, 3.05) is 19.6 Å². The number of aromatic amines is 1. The first-order chi connectivity index (χ1) is 16.6. The number of carbonyl (C=O) groups is 2. The maximum absolute atomic E-state index is 13.8. The van der Waals surface area contributed by atoms with Gasteiger partial charge in [-0.15, -0.1) is 0 Å². The average Bonchev–Trinajstić information content (AvgIpc) is 3.18. The monoisotopic (exact) mass is 475 g/mol. The molecule has 4 heterocycles. The summed E-state index contributed by atoms with van der Waals surface area (Å²) in [5, 5.41) is 3.03. The number of carbonyl (C=O) groups excluding carboxylic acids is 2. The van der Waals surface area contributed by atoms with Crippen LogP contribution >= 0.6 is 0 Å². The van der Waals surface area contributed by atoms with Crippen LogP contribution in [0.4, 0.5) is 9.18 Å². The Morgan fingerprint density at radius 1 is 1.23 bits per heavy atom. The molecule has 0 bridgehead atoms. The second-order valence-corrected chi connectivity index (χ2v) is 10.6. The minimum Gasteiger partial charge on any atom is -0.444 e. The number of likely N-dealkylation sites (tertiary alicyclic amines) is 1. The highest BCUT2D eigenvalue weighted by Crippen LogP contribution is 2.44. The number of rotatable bonds is 1. The predicted molar refractivity (Wildman–Crippen MR) is 126 cm³/mol. The fourth-order valence-corrected chi connectivity index (χ4v) is 5.31. The molecular formula is C26H26FN5O3. The third-order valence-electron chi connectivity index (χ3n) is 6.92. The maximum atomic E-state index is 13.8. The summed E-state index contributed by atoms with van der Waals surface area (Å²) in [6, 6.07) is 6.20. The van der Waals surface area contributed by atoms with Crippen LogP contribution in [0.5, 0.6) is 0 Å². The fourth-order valence-electron chi connectivity index (χ4n) is 5.31. The lowest BCUT2D eigenvalue weighted by molar-refractivity contribution is -0.0113. The fraction of sp³-hybridized carbons (Fsp3) is 0.385. The van der Waals surface area contributed by atoms with Gasteiger partial charge in [-0.25, -0.2) is 19.2 Å². The van der Waals surface area contributed by atoms with E-state index in [-0.39, 0.29) is 17.8 Å². The molecule has 0 atom stereocenters. The van der Waals surface area contributed by atoms with Crippen molar-refractivity contribution in [3.8, 4) is 22.8 Å². The lowest BCUT2D eigenvalue weighted by Gasteiger charge is -2.51. The van der Waals surface area contributed by atoms with Gasteiger partial charge >= 0.3 is 6.09 Å². The van der Waals surface area contributed by atoms with Gasteiger partial charge in [-0.2, -0.15) is 0 Å². The largest absolute Gasteiger partial charge is 0.444 e. The lowest BCUT2D eigenvalue weighted by Crippen LogP contribution is -2.67. The number of nitrogens with one attached hydrogen (secondary N) is 2. The molecule has 2 amide bonds. The van der Waals surface area contributed by atoms with Crippen molar-refractivity contribution in [3.63, 3.8) is 0 Å². The van der Waals surface area contributed by atoms with E-state index in [0.29, 0.717) is 49.4 Å². The summed E-state index contributed by atoms with van der Waals surface area (Å²) in [7, 11) is 0. The van der Waals surface area contributed by atoms with Gasteiger partial charge in [0, 0.05) is 37.1 Å². The van der Waals surface area contributed by atoms with E-state index >= 15 is 0 Å². The molecule has 8 nitrogen and oxygen atoms in total. The number of amides is 2. The molecule has 0 unspecified atom stereocenters. The Bertz CT molecular complexity index is 1380. The molecule has 6 rings (SSSR count). The number of halogens is 1. The molecule has 1 aliphatic carbocycles. The summed E-state index contributed by atoms with van der Waals surface area (Å²) in [5.74, 6) is -0.0257. The van der Waals surface area contributed by atoms with Crippen molar-refractivity contribution < 1.29 is 18.7 Å². The van der Waals surface area contributed by atoms with Crippen LogP contribution in [0.15, 0.2) is 30.5 Å². The highest BCUT2D eigenvalue weighted by molar-refractivity contribution is 6.01. The van der Waals surface area contributed by atoms with Crippen LogP contribution in [0.1, 0.15) is 48.0 Å². The number of aryl methyl sites for hydroxylation is 1. The van der Waals surface area contributed by atoms with E-state index < -0.39 is 11.0 Å². The molecule has 1 fully saturated rings. The number of benzene rings is 1. The molecule has 3 aromatic rings. The summed E-state index contributed by atoms with van der Waals surface area (Å²) >= 11 is 0. The van der Waals surface area contributed by atoms with E-state index in [1.807, 2.05) is 20.8 Å². The van der Waals surface area contributed by atoms with Crippen molar-refractivity contribution in [1.29, 1.82) is 0 Å². The second kappa shape index (κ2) is 7.37. The standard InChI is InChI=1S/C26H26FN5O3/c1-25(2,3)35-24(34)32-12-26(13-32)11-29-23(33)18-17-8-7-15-10-28-22(14-5-4-6-16(27)9-14)31-19(15)20(17)30-21(18)26/h4-6,9-10,30H,7-8,11-13H2,1-3H3,(H,29,33). The Kier molecular flexibility index (Phi) is 4.58. The van der Waals surface area contributed by atoms with Crippen molar-refractivity contribution >= 4 is 12.0 Å². The molecule has 35 heavy (non-hydrogen) atoms. The van der Waals surface area contributed by atoms with Crippen LogP contribution in [-0.2, 0) is 23.0 Å². The molecule has 2 aromatic heterocycles. The normalized spacial score (nSPS) is 17.7. The quantitative estimate of drug-likeness (QED) is 0.560. The third-order valence-corrected chi connectivity index (χ3v) is 6.92. The zero-order chi connectivity index (χ0) is 24.5. The van der Waals surface area contributed by atoms with Gasteiger partial charge in [0.25, 0.3) is 5.91 Å². The SMILES string of the molecule is CC(C)(C)OC(=O)N1CC2(CNC(=O)c3c2[nH]c2c3CCc3cnc(-c4cccc(F)c4)nc3-2)C1. The summed E-state index contributed by atoms with van der Waals surface area (Å²) in [4.78, 5) is 40.0. The molecule has 0 radical (unpaired) electrons. The zero-order valence-corrected chi connectivity index (χ0v) is 19.9. The van der Waals surface area contributed by atoms with E-state index in [4.69, 9.17) is 9.72 Å². The second-order valence-electron chi connectivity index (χ2n) is 10.6. The van der Waals surface area contributed by atoms with Gasteiger partial charge in [0.1, 0.15) is 11.4 Å². The molecule has 9 heteroatoms. The third kappa shape index (κ3) is 3.48. The number of nitrogens with zero attached hydrogens (tertiary/aromatic N) is 3. The topological polar surface area (TPSA) is 100 Å². The van der Waals surface area contributed by atoms with E-state index in [1.54, 1.807) is 23.2 Å². The summed E-state index contributed by atoms with van der Waals surface area (Å²) in [6.45, 7) is 6.89. The first kappa shape index (κ1) is 21.8. The number of ether oxygens (including phenoxy) is 1. The van der Waals surface area contributed by atoms with Gasteiger partial charge in [-0.1, -0.05) is 12.1 Å². The molecule has 3 aliphatic rings. The number of hydrogen-bond acceptors (Lipinski definition) is 5. The number of aromatic nitrogens is 3. The molecule has 1 aromatic carbocycles. The minimum absolute atomic E-state index is 0.110. The first-order valence-electron chi connectivity index (χ1n) is 11.8. The highest BCUT2D eigenvalue weighted by Gasteiger charge is 2.53. The zero-order valence-electron chi connectivity index (χ0n) is 19.9. The first-order valence-corrected chi connectivity index (χ1v) is 11.8. The van der Waals surface area contributed by atoms with Gasteiger partial charge in [-0.05, 0) is 56.9 Å². The predicted octanol–water partition coefficient (Wildman–Crippen LogP) is 3.61. The van der Waals surface area contributed by atoms with Crippen LogP contribution in [0.3, 0.4) is 0 Å². The molecular weight excluding hydrogens is 449 g/mol. The molecule has 0 saturated carbocycles. The highest BCUT2D eigenvalue weighted by atomic mass is 19.1. The summed E-state index contributed by atoms with van der Waals surface area (Å²) in [6.07, 6.45) is 2.83. The van der Waals surface area contributed by atoms with Crippen LogP contribution in [0.2, 0.25) is 0 Å². The Labute approximate surface area is 201 Å². The maximum Gasteiger partial charge on any atom is 0.410 e. The Morgan fingerprint density at radius 3 is 2.77 bits per heavy atom. The molecule has 1 saturated heterocycles. The van der Waals surface area contributed by atoms with Crippen molar-refractivity contribution in [2.45, 2.75) is 44.6 Å². The van der Waals surface area contributed by atoms with Gasteiger partial charge in [0.2, 0.25) is 0 Å². The molecule has 180 valence electrons. The minimum atomic E-state index is -0.569. The van der Waals surface area contributed by atoms with E-state index in [9.17, 15) is 14.0 Å². The van der Waals surface area contributed by atoms with Gasteiger partial charge in [0.15, 0.2) is 5.82 Å². The molecule has 2 N–H and O–H groups in total. The van der Waals surface area contributed by atoms with Crippen molar-refractivity contribution in [1.82, 2.24) is 25.2 Å². The Hall–Kier alpha value is -3.75. The number of fused-ring (bicyclic) bond motifs is 6. The number of H-pyrrole nitrogens is 1. The Morgan fingerprint density at radius 2 is 2.03 bits per heavy atom. The van der Waals surface area contributed by atoms with E-state index in [1.165, 1.54) is 12.1 Å². The van der Waals surface area contributed by atoms with E-state index in [2.05, 4.69) is 15.3 Å². The molecule has 1 spiro atoms. The summed E-state index contributed by atoms with van der Waals surface area (Å²) < 4.78 is 19.3. The van der Waals surface area contributed by atoms with Gasteiger partial charge in [0.05, 0.1) is 22.4 Å². The van der Waals surface area contributed by atoms with E-state index in [0.717, 1.165) is 28.2 Å². The average molecular weight is 476 g/mol. The van der Waals surface area contributed by atoms with Crippen LogP contribution < -0.4 is 5.32 Å². The van der Waals surface area contributed by atoms with Crippen LogP contribution in [0.25, 0.3) is 22.8 Å². The summed E-state index contributed by atoms with van der Waals surface area (Å²) in [5.41, 5.74) is 4.60. The van der Waals surface area contributed by atoms with Crippen molar-refractivity contribution in [2.24, 2.45) is 0 Å². The number of hydrogen-bond donors (Lipinski definition) is 2.